The van der Waals surface area contributed by atoms with Crippen molar-refractivity contribution in [2.45, 2.75) is 43.4 Å². The van der Waals surface area contributed by atoms with Crippen molar-refractivity contribution in [3.63, 3.8) is 0 Å². The van der Waals surface area contributed by atoms with Crippen LogP contribution in [0.3, 0.4) is 0 Å². The molecule has 0 aliphatic carbocycles. The summed E-state index contributed by atoms with van der Waals surface area (Å²) >= 11 is 1.41. The van der Waals surface area contributed by atoms with Gasteiger partial charge < -0.3 is 9.80 Å². The molecule has 0 spiro atoms. The maximum Gasteiger partial charge on any atom is 0.241 e. The zero-order valence-corrected chi connectivity index (χ0v) is 14.2. The molecule has 0 fully saturated rings. The average Bonchev–Trinajstić information content (AvgIpc) is 2.51. The summed E-state index contributed by atoms with van der Waals surface area (Å²) in [7, 11) is 1.79. The minimum Gasteiger partial charge on any atom is -0.346 e. The van der Waals surface area contributed by atoms with Gasteiger partial charge in [0, 0.05) is 32.8 Å². The first-order chi connectivity index (χ1) is 10.6. The van der Waals surface area contributed by atoms with Crippen LogP contribution in [-0.2, 0) is 9.59 Å². The van der Waals surface area contributed by atoms with Crippen LogP contribution in [0.1, 0.15) is 33.1 Å². The maximum absolute atomic E-state index is 12.7. The van der Waals surface area contributed by atoms with Crippen molar-refractivity contribution in [2.75, 3.05) is 25.0 Å². The van der Waals surface area contributed by atoms with Crippen LogP contribution in [0, 0.1) is 0 Å². The predicted molar refractivity (Wildman–Crippen MR) is 89.1 cm³/mol. The first-order valence-electron chi connectivity index (χ1n) is 7.75. The van der Waals surface area contributed by atoms with E-state index in [2.05, 4.69) is 4.98 Å². The number of fused-ring (bicyclic) bond motifs is 1. The molecule has 1 aliphatic heterocycles. The first-order valence-corrected chi connectivity index (χ1v) is 8.63. The molecule has 2 heterocycles. The fourth-order valence-electron chi connectivity index (χ4n) is 2.51. The predicted octanol–water partition coefficient (Wildman–Crippen LogP) is 2.56. The number of carbonyl (C=O) groups is 2. The van der Waals surface area contributed by atoms with Crippen LogP contribution >= 0.6 is 11.8 Å². The molecule has 2 rings (SSSR count). The summed E-state index contributed by atoms with van der Waals surface area (Å²) in [6.45, 7) is 5.46. The highest BCUT2D eigenvalue weighted by atomic mass is 32.2. The summed E-state index contributed by atoms with van der Waals surface area (Å²) in [5.74, 6) is 0.0362. The quantitative estimate of drug-likeness (QED) is 0.808. The Morgan fingerprint density at radius 2 is 2.18 bits per heavy atom. The topological polar surface area (TPSA) is 53.5 Å². The van der Waals surface area contributed by atoms with Gasteiger partial charge >= 0.3 is 0 Å². The Morgan fingerprint density at radius 1 is 1.41 bits per heavy atom. The normalized spacial score (nSPS) is 17.3. The first kappa shape index (κ1) is 16.8. The van der Waals surface area contributed by atoms with E-state index in [1.54, 1.807) is 23.0 Å². The Morgan fingerprint density at radius 3 is 2.86 bits per heavy atom. The van der Waals surface area contributed by atoms with E-state index in [1.807, 2.05) is 26.0 Å². The fourth-order valence-corrected chi connectivity index (χ4v) is 3.66. The van der Waals surface area contributed by atoms with Gasteiger partial charge in [-0.05, 0) is 25.0 Å². The van der Waals surface area contributed by atoms with E-state index in [0.29, 0.717) is 6.54 Å². The lowest BCUT2D eigenvalue weighted by atomic mass is 10.2. The van der Waals surface area contributed by atoms with Gasteiger partial charge in [-0.3, -0.25) is 9.59 Å². The van der Waals surface area contributed by atoms with Gasteiger partial charge in [-0.25, -0.2) is 4.98 Å². The molecule has 120 valence electrons. The lowest BCUT2D eigenvalue weighted by Crippen LogP contribution is -2.44. The molecular formula is C16H23N3O2S. The molecule has 0 N–H and O–H groups in total. The van der Waals surface area contributed by atoms with Crippen LogP contribution in [0.2, 0.25) is 0 Å². The SMILES string of the molecule is CCCN(C)C(=O)C[C@H]1Sc2ncccc2N(CCC)C1=O. The van der Waals surface area contributed by atoms with Crippen LogP contribution in [-0.4, -0.2) is 47.1 Å². The number of carbonyl (C=O) groups excluding carboxylic acids is 2. The molecular weight excluding hydrogens is 298 g/mol. The number of rotatable bonds is 6. The maximum atomic E-state index is 12.7. The van der Waals surface area contributed by atoms with Crippen molar-refractivity contribution >= 4 is 29.3 Å². The Kier molecular flexibility index (Phi) is 5.83. The summed E-state index contributed by atoms with van der Waals surface area (Å²) < 4.78 is 0. The third-order valence-electron chi connectivity index (χ3n) is 3.63. The molecule has 6 heteroatoms. The smallest absolute Gasteiger partial charge is 0.241 e. The lowest BCUT2D eigenvalue weighted by molar-refractivity contribution is -0.131. The number of amides is 2. The molecule has 0 saturated carbocycles. The number of pyridine rings is 1. The zero-order chi connectivity index (χ0) is 16.1. The van der Waals surface area contributed by atoms with E-state index in [9.17, 15) is 9.59 Å². The second-order valence-electron chi connectivity index (χ2n) is 5.44. The molecule has 0 unspecified atom stereocenters. The molecule has 5 nitrogen and oxygen atoms in total. The lowest BCUT2D eigenvalue weighted by Gasteiger charge is -2.33. The largest absolute Gasteiger partial charge is 0.346 e. The highest BCUT2D eigenvalue weighted by Gasteiger charge is 2.35. The van der Waals surface area contributed by atoms with E-state index >= 15 is 0 Å². The van der Waals surface area contributed by atoms with Gasteiger partial charge in [-0.2, -0.15) is 0 Å². The van der Waals surface area contributed by atoms with Crippen molar-refractivity contribution in [3.8, 4) is 0 Å². The Hall–Kier alpha value is -1.56. The summed E-state index contributed by atoms with van der Waals surface area (Å²) in [5, 5.41) is 0.465. The number of anilines is 1. The summed E-state index contributed by atoms with van der Waals surface area (Å²) in [6, 6.07) is 3.76. The second kappa shape index (κ2) is 7.63. The van der Waals surface area contributed by atoms with Crippen LogP contribution < -0.4 is 4.90 Å². The van der Waals surface area contributed by atoms with Crippen LogP contribution in [0.25, 0.3) is 0 Å². The van der Waals surface area contributed by atoms with Gasteiger partial charge in [0.25, 0.3) is 0 Å². The molecule has 1 aromatic rings. The van der Waals surface area contributed by atoms with Crippen LogP contribution in [0.4, 0.5) is 5.69 Å². The highest BCUT2D eigenvalue weighted by molar-refractivity contribution is 8.00. The minimum absolute atomic E-state index is 0.0172. The molecule has 0 saturated heterocycles. The highest BCUT2D eigenvalue weighted by Crippen LogP contribution is 2.38. The average molecular weight is 321 g/mol. The fraction of sp³-hybridized carbons (Fsp3) is 0.562. The van der Waals surface area contributed by atoms with E-state index in [4.69, 9.17) is 0 Å². The molecule has 0 bridgehead atoms. The standard InChI is InChI=1S/C16H23N3O2S/c1-4-9-18(3)14(20)11-13-16(21)19(10-5-2)12-7-6-8-17-15(12)22-13/h6-8,13H,4-5,9-11H2,1-3H3/t13-/m1/s1. The third-order valence-corrected chi connectivity index (χ3v) is 4.82. The minimum atomic E-state index is -0.374. The zero-order valence-electron chi connectivity index (χ0n) is 13.4. The van der Waals surface area contributed by atoms with Crippen molar-refractivity contribution < 1.29 is 9.59 Å². The van der Waals surface area contributed by atoms with Gasteiger partial charge in [-0.15, -0.1) is 0 Å². The molecule has 1 aliphatic rings. The van der Waals surface area contributed by atoms with Crippen molar-refractivity contribution in [1.29, 1.82) is 0 Å². The van der Waals surface area contributed by atoms with Crippen LogP contribution in [0.15, 0.2) is 23.4 Å². The molecule has 0 radical (unpaired) electrons. The molecule has 2 amide bonds. The third kappa shape index (κ3) is 3.61. The van der Waals surface area contributed by atoms with E-state index in [0.717, 1.165) is 30.1 Å². The summed E-state index contributed by atoms with van der Waals surface area (Å²) in [4.78, 5) is 32.8. The van der Waals surface area contributed by atoms with Crippen molar-refractivity contribution in [3.05, 3.63) is 18.3 Å². The van der Waals surface area contributed by atoms with E-state index in [1.165, 1.54) is 11.8 Å². The number of nitrogens with zero attached hydrogens (tertiary/aromatic N) is 3. The Balaban J connectivity index is 2.17. The number of aromatic nitrogens is 1. The van der Waals surface area contributed by atoms with Gasteiger partial charge in [0.05, 0.1) is 10.9 Å². The van der Waals surface area contributed by atoms with E-state index in [-0.39, 0.29) is 23.5 Å². The monoisotopic (exact) mass is 321 g/mol. The second-order valence-corrected chi connectivity index (χ2v) is 6.63. The number of hydrogen-bond donors (Lipinski definition) is 0. The van der Waals surface area contributed by atoms with Crippen molar-refractivity contribution in [1.82, 2.24) is 9.88 Å². The summed E-state index contributed by atoms with van der Waals surface area (Å²) in [6.07, 6.45) is 3.76. The van der Waals surface area contributed by atoms with Crippen molar-refractivity contribution in [2.24, 2.45) is 0 Å². The molecule has 22 heavy (non-hydrogen) atoms. The van der Waals surface area contributed by atoms with Gasteiger partial charge in [0.1, 0.15) is 5.03 Å². The number of thioether (sulfide) groups is 1. The van der Waals surface area contributed by atoms with Gasteiger partial charge in [0.2, 0.25) is 11.8 Å². The van der Waals surface area contributed by atoms with E-state index < -0.39 is 0 Å². The molecule has 1 atom stereocenters. The number of hydrogen-bond acceptors (Lipinski definition) is 4. The molecule has 1 aromatic heterocycles. The van der Waals surface area contributed by atoms with Gasteiger partial charge in [0.15, 0.2) is 0 Å². The Labute approximate surface area is 136 Å². The molecule has 0 aromatic carbocycles. The summed E-state index contributed by atoms with van der Waals surface area (Å²) in [5.41, 5.74) is 0.866. The van der Waals surface area contributed by atoms with Gasteiger partial charge in [-0.1, -0.05) is 25.6 Å². The van der Waals surface area contributed by atoms with Crippen LogP contribution in [0.5, 0.6) is 0 Å². The Bertz CT molecular complexity index is 550.